The molecule has 2 fully saturated rings. The van der Waals surface area contributed by atoms with Gasteiger partial charge < -0.3 is 10.6 Å². The molecule has 2 N–H and O–H groups in total. The normalized spacial score (nSPS) is 19.2. The third-order valence-corrected chi connectivity index (χ3v) is 4.68. The molecule has 0 spiro atoms. The van der Waals surface area contributed by atoms with Crippen LogP contribution in [0.15, 0.2) is 24.3 Å². The van der Waals surface area contributed by atoms with Crippen LogP contribution < -0.4 is 10.6 Å². The second kappa shape index (κ2) is 8.67. The number of carbonyl (C=O) groups is 1. The molecule has 2 aliphatic rings. The third kappa shape index (κ3) is 6.13. The van der Waals surface area contributed by atoms with E-state index in [9.17, 15) is 4.79 Å². The zero-order valence-electron chi connectivity index (χ0n) is 13.9. The summed E-state index contributed by atoms with van der Waals surface area (Å²) in [4.78, 5) is 14.4. The summed E-state index contributed by atoms with van der Waals surface area (Å²) in [6.07, 6.45) is 5.13. The molecule has 1 saturated heterocycles. The van der Waals surface area contributed by atoms with Gasteiger partial charge in [0.15, 0.2) is 0 Å². The van der Waals surface area contributed by atoms with Crippen molar-refractivity contribution in [3.63, 3.8) is 0 Å². The number of hydrogen-bond donors (Lipinski definition) is 2. The van der Waals surface area contributed by atoms with Crippen molar-refractivity contribution in [1.29, 1.82) is 0 Å². The van der Waals surface area contributed by atoms with Gasteiger partial charge in [0.05, 0.1) is 6.54 Å². The molecule has 0 unspecified atom stereocenters. The smallest absolute Gasteiger partial charge is 0.238 e. The predicted molar refractivity (Wildman–Crippen MR) is 97.2 cm³/mol. The number of piperidine rings is 1. The van der Waals surface area contributed by atoms with Gasteiger partial charge in [0, 0.05) is 24.8 Å². The maximum absolute atomic E-state index is 12.1. The van der Waals surface area contributed by atoms with E-state index in [0.717, 1.165) is 37.5 Å². The molecule has 0 radical (unpaired) electrons. The number of likely N-dealkylation sites (tertiary alicyclic amines) is 1. The Morgan fingerprint density at radius 1 is 1.13 bits per heavy atom. The lowest BCUT2D eigenvalue weighted by Crippen LogP contribution is -2.45. The number of aryl methyl sites for hydroxylation is 1. The molecule has 5 heteroatoms. The minimum Gasteiger partial charge on any atom is -0.325 e. The summed E-state index contributed by atoms with van der Waals surface area (Å²) < 4.78 is 0. The van der Waals surface area contributed by atoms with E-state index in [1.165, 1.54) is 24.9 Å². The Bertz CT molecular complexity index is 493. The Balaban J connectivity index is 0.00000192. The van der Waals surface area contributed by atoms with Gasteiger partial charge in [-0.1, -0.05) is 17.7 Å². The first-order valence-corrected chi connectivity index (χ1v) is 8.51. The number of halogens is 1. The molecule has 0 bridgehead atoms. The summed E-state index contributed by atoms with van der Waals surface area (Å²) >= 11 is 0. The Morgan fingerprint density at radius 3 is 2.39 bits per heavy atom. The highest BCUT2D eigenvalue weighted by Crippen LogP contribution is 2.28. The van der Waals surface area contributed by atoms with Crippen LogP contribution in [-0.2, 0) is 4.79 Å². The highest BCUT2D eigenvalue weighted by atomic mass is 35.5. The van der Waals surface area contributed by atoms with Crippen LogP contribution in [-0.4, -0.2) is 43.0 Å². The van der Waals surface area contributed by atoms with E-state index < -0.39 is 0 Å². The fourth-order valence-corrected chi connectivity index (χ4v) is 2.99. The molecule has 23 heavy (non-hydrogen) atoms. The first-order valence-electron chi connectivity index (χ1n) is 8.51. The van der Waals surface area contributed by atoms with E-state index in [0.29, 0.717) is 12.6 Å². The molecule has 0 atom stereocenters. The molecule has 1 saturated carbocycles. The fraction of sp³-hybridized carbons (Fsp3) is 0.611. The minimum atomic E-state index is 0. The van der Waals surface area contributed by atoms with Crippen molar-refractivity contribution >= 4 is 24.0 Å². The Kier molecular flexibility index (Phi) is 6.88. The average Bonchev–Trinajstić information content (AvgIpc) is 3.33. The summed E-state index contributed by atoms with van der Waals surface area (Å²) in [5.41, 5.74) is 2.09. The van der Waals surface area contributed by atoms with Gasteiger partial charge in [-0.25, -0.2) is 0 Å². The van der Waals surface area contributed by atoms with Crippen molar-refractivity contribution in [2.75, 3.05) is 31.5 Å². The van der Waals surface area contributed by atoms with E-state index in [2.05, 4.69) is 15.5 Å². The number of carbonyl (C=O) groups excluding carboxylic acids is 1. The zero-order chi connectivity index (χ0) is 15.4. The van der Waals surface area contributed by atoms with Crippen molar-refractivity contribution < 1.29 is 4.79 Å². The largest absolute Gasteiger partial charge is 0.325 e. The Morgan fingerprint density at radius 2 is 1.78 bits per heavy atom. The van der Waals surface area contributed by atoms with E-state index in [-0.39, 0.29) is 18.3 Å². The maximum atomic E-state index is 12.1. The van der Waals surface area contributed by atoms with Crippen LogP contribution in [0.2, 0.25) is 0 Å². The SMILES string of the molecule is Cc1ccc(NC(=O)CN2CCC(NCC3CC3)CC2)cc1.Cl. The highest BCUT2D eigenvalue weighted by molar-refractivity contribution is 5.92. The molecular formula is C18H28ClN3O. The topological polar surface area (TPSA) is 44.4 Å². The number of nitrogens with zero attached hydrogens (tertiary/aromatic N) is 1. The van der Waals surface area contributed by atoms with Crippen LogP contribution in [0.5, 0.6) is 0 Å². The van der Waals surface area contributed by atoms with Crippen LogP contribution in [0.4, 0.5) is 5.69 Å². The van der Waals surface area contributed by atoms with Crippen molar-refractivity contribution in [2.24, 2.45) is 5.92 Å². The van der Waals surface area contributed by atoms with Crippen LogP contribution in [0.25, 0.3) is 0 Å². The summed E-state index contributed by atoms with van der Waals surface area (Å²) in [5.74, 6) is 1.03. The van der Waals surface area contributed by atoms with Gasteiger partial charge in [-0.2, -0.15) is 0 Å². The van der Waals surface area contributed by atoms with E-state index in [1.54, 1.807) is 0 Å². The third-order valence-electron chi connectivity index (χ3n) is 4.68. The quantitative estimate of drug-likeness (QED) is 0.839. The zero-order valence-corrected chi connectivity index (χ0v) is 14.7. The molecule has 3 rings (SSSR count). The lowest BCUT2D eigenvalue weighted by Gasteiger charge is -2.32. The molecule has 4 nitrogen and oxygen atoms in total. The molecular weight excluding hydrogens is 310 g/mol. The molecule has 1 heterocycles. The predicted octanol–water partition coefficient (Wildman–Crippen LogP) is 2.82. The molecule has 1 aromatic rings. The summed E-state index contributed by atoms with van der Waals surface area (Å²) in [7, 11) is 0. The first kappa shape index (κ1) is 18.2. The van der Waals surface area contributed by atoms with Crippen LogP contribution in [0.1, 0.15) is 31.2 Å². The lowest BCUT2D eigenvalue weighted by molar-refractivity contribution is -0.117. The first-order chi connectivity index (χ1) is 10.7. The monoisotopic (exact) mass is 337 g/mol. The van der Waals surface area contributed by atoms with E-state index in [1.807, 2.05) is 31.2 Å². The van der Waals surface area contributed by atoms with Crippen molar-refractivity contribution in [1.82, 2.24) is 10.2 Å². The summed E-state index contributed by atoms with van der Waals surface area (Å²) in [6.45, 7) is 5.78. The van der Waals surface area contributed by atoms with Gasteiger partial charge in [0.1, 0.15) is 0 Å². The molecule has 128 valence electrons. The van der Waals surface area contributed by atoms with Gasteiger partial charge in [-0.3, -0.25) is 9.69 Å². The minimum absolute atomic E-state index is 0. The number of nitrogens with one attached hydrogen (secondary N) is 2. The molecule has 1 aromatic carbocycles. The van der Waals surface area contributed by atoms with Crippen LogP contribution in [0, 0.1) is 12.8 Å². The molecule has 1 aliphatic heterocycles. The summed E-state index contributed by atoms with van der Waals surface area (Å²) in [5, 5.41) is 6.66. The number of benzene rings is 1. The highest BCUT2D eigenvalue weighted by Gasteiger charge is 2.24. The number of hydrogen-bond acceptors (Lipinski definition) is 3. The van der Waals surface area contributed by atoms with Gasteiger partial charge in [-0.15, -0.1) is 12.4 Å². The molecule has 0 aromatic heterocycles. The standard InChI is InChI=1S/C18H27N3O.ClH/c1-14-2-6-17(7-3-14)20-18(22)13-21-10-8-16(9-11-21)19-12-15-4-5-15;/h2-3,6-7,15-16,19H,4-5,8-13H2,1H3,(H,20,22);1H. The van der Waals surface area contributed by atoms with Gasteiger partial charge in [0.2, 0.25) is 5.91 Å². The van der Waals surface area contributed by atoms with Gasteiger partial charge in [0.25, 0.3) is 0 Å². The lowest BCUT2D eigenvalue weighted by atomic mass is 10.0. The van der Waals surface area contributed by atoms with Crippen LogP contribution in [0.3, 0.4) is 0 Å². The average molecular weight is 338 g/mol. The number of rotatable bonds is 6. The summed E-state index contributed by atoms with van der Waals surface area (Å²) in [6, 6.07) is 8.61. The fourth-order valence-electron chi connectivity index (χ4n) is 2.99. The van der Waals surface area contributed by atoms with Gasteiger partial charge >= 0.3 is 0 Å². The van der Waals surface area contributed by atoms with Crippen molar-refractivity contribution in [3.05, 3.63) is 29.8 Å². The number of anilines is 1. The van der Waals surface area contributed by atoms with E-state index in [4.69, 9.17) is 0 Å². The molecule has 1 aliphatic carbocycles. The Hall–Kier alpha value is -1.10. The van der Waals surface area contributed by atoms with Crippen LogP contribution >= 0.6 is 12.4 Å². The van der Waals surface area contributed by atoms with Gasteiger partial charge in [-0.05, 0) is 57.2 Å². The van der Waals surface area contributed by atoms with Crippen molar-refractivity contribution in [3.8, 4) is 0 Å². The molecule has 1 amide bonds. The van der Waals surface area contributed by atoms with Crippen molar-refractivity contribution in [2.45, 2.75) is 38.6 Å². The number of amides is 1. The maximum Gasteiger partial charge on any atom is 0.238 e. The Labute approximate surface area is 145 Å². The van der Waals surface area contributed by atoms with E-state index >= 15 is 0 Å². The second-order valence-corrected chi connectivity index (χ2v) is 6.82. The second-order valence-electron chi connectivity index (χ2n) is 6.82.